The number of aryl methyl sites for hydroxylation is 1. The molecule has 0 radical (unpaired) electrons. The molecular formula is C23H28N2O5S3. The van der Waals surface area contributed by atoms with Gasteiger partial charge in [0.2, 0.25) is 15.9 Å². The van der Waals surface area contributed by atoms with Crippen LogP contribution in [0, 0.1) is 5.92 Å². The number of piperidine rings is 1. The van der Waals surface area contributed by atoms with Gasteiger partial charge in [-0.1, -0.05) is 12.1 Å². The molecule has 4 rings (SSSR count). The second kappa shape index (κ2) is 10.2. The van der Waals surface area contributed by atoms with E-state index >= 15 is 0 Å². The third-order valence-electron chi connectivity index (χ3n) is 6.31. The highest BCUT2D eigenvalue weighted by Crippen LogP contribution is 2.39. The third kappa shape index (κ3) is 4.84. The highest BCUT2D eigenvalue weighted by Gasteiger charge is 2.34. The molecule has 0 unspecified atom stereocenters. The van der Waals surface area contributed by atoms with Gasteiger partial charge in [0.1, 0.15) is 5.00 Å². The number of hydrogen-bond acceptors (Lipinski definition) is 7. The molecule has 2 aromatic rings. The summed E-state index contributed by atoms with van der Waals surface area (Å²) in [5.74, 6) is -0.893. The van der Waals surface area contributed by atoms with Gasteiger partial charge in [-0.3, -0.25) is 4.79 Å². The fourth-order valence-corrected chi connectivity index (χ4v) is 8.39. The van der Waals surface area contributed by atoms with E-state index in [4.69, 9.17) is 4.74 Å². The van der Waals surface area contributed by atoms with Crippen LogP contribution in [0.1, 0.15) is 46.5 Å². The monoisotopic (exact) mass is 508 g/mol. The summed E-state index contributed by atoms with van der Waals surface area (Å²) in [6.45, 7) is 0.571. The van der Waals surface area contributed by atoms with Gasteiger partial charge in [0.15, 0.2) is 0 Å². The average molecular weight is 509 g/mol. The Labute approximate surface area is 202 Å². The van der Waals surface area contributed by atoms with Crippen molar-refractivity contribution >= 4 is 50.0 Å². The van der Waals surface area contributed by atoms with Crippen molar-refractivity contribution in [2.24, 2.45) is 5.92 Å². The molecule has 33 heavy (non-hydrogen) atoms. The SMILES string of the molecule is COC(=O)c1c(NC(=O)C2CCN(S(=O)(=O)c3ccccc3SC)CC2)sc2c1CCCC2. The van der Waals surface area contributed by atoms with Crippen LogP contribution in [0.5, 0.6) is 0 Å². The number of esters is 1. The number of methoxy groups -OCH3 is 1. The molecule has 1 amide bonds. The number of thioether (sulfide) groups is 1. The van der Waals surface area contributed by atoms with E-state index in [1.165, 1.54) is 34.5 Å². The number of carbonyl (C=O) groups is 2. The van der Waals surface area contributed by atoms with Crippen molar-refractivity contribution in [3.05, 3.63) is 40.3 Å². The lowest BCUT2D eigenvalue weighted by Gasteiger charge is -2.31. The Morgan fingerprint density at radius 2 is 1.85 bits per heavy atom. The van der Waals surface area contributed by atoms with Crippen LogP contribution in [0.4, 0.5) is 5.00 Å². The van der Waals surface area contributed by atoms with Gasteiger partial charge in [-0.25, -0.2) is 13.2 Å². The molecule has 1 aromatic carbocycles. The smallest absolute Gasteiger partial charge is 0.341 e. The van der Waals surface area contributed by atoms with Crippen molar-refractivity contribution in [2.45, 2.75) is 48.3 Å². The quantitative estimate of drug-likeness (QED) is 0.465. The first-order valence-electron chi connectivity index (χ1n) is 11.0. The summed E-state index contributed by atoms with van der Waals surface area (Å²) < 4.78 is 32.8. The van der Waals surface area contributed by atoms with Crippen molar-refractivity contribution in [1.82, 2.24) is 4.31 Å². The van der Waals surface area contributed by atoms with E-state index in [9.17, 15) is 18.0 Å². The molecule has 0 spiro atoms. The molecule has 0 saturated carbocycles. The molecule has 0 atom stereocenters. The Bertz CT molecular complexity index is 1150. The molecule has 178 valence electrons. The lowest BCUT2D eigenvalue weighted by Crippen LogP contribution is -2.41. The Morgan fingerprint density at radius 1 is 1.15 bits per heavy atom. The van der Waals surface area contributed by atoms with Crippen molar-refractivity contribution in [2.75, 3.05) is 31.8 Å². The number of sulfonamides is 1. The second-order valence-corrected chi connectivity index (χ2v) is 12.1. The highest BCUT2D eigenvalue weighted by atomic mass is 32.2. The van der Waals surface area contributed by atoms with Gasteiger partial charge in [0.05, 0.1) is 17.6 Å². The van der Waals surface area contributed by atoms with E-state index in [-0.39, 0.29) is 24.9 Å². The first-order chi connectivity index (χ1) is 15.9. The molecule has 1 aliphatic heterocycles. The van der Waals surface area contributed by atoms with E-state index in [1.54, 1.807) is 18.2 Å². The van der Waals surface area contributed by atoms with Crippen LogP contribution in [0.25, 0.3) is 0 Å². The molecule has 2 aliphatic rings. The number of thiophene rings is 1. The van der Waals surface area contributed by atoms with Gasteiger partial charge in [0.25, 0.3) is 0 Å². The minimum absolute atomic E-state index is 0.166. The zero-order valence-corrected chi connectivity index (χ0v) is 21.2. The molecule has 1 saturated heterocycles. The van der Waals surface area contributed by atoms with E-state index in [2.05, 4.69) is 5.32 Å². The van der Waals surface area contributed by atoms with Crippen molar-refractivity contribution < 1.29 is 22.7 Å². The Hall–Kier alpha value is -1.88. The zero-order valence-electron chi connectivity index (χ0n) is 18.8. The summed E-state index contributed by atoms with van der Waals surface area (Å²) in [6.07, 6.45) is 6.56. The third-order valence-corrected chi connectivity index (χ3v) is 10.4. The van der Waals surface area contributed by atoms with Crippen molar-refractivity contribution in [3.8, 4) is 0 Å². The summed E-state index contributed by atoms with van der Waals surface area (Å²) in [5, 5.41) is 3.52. The van der Waals surface area contributed by atoms with Crippen LogP contribution in [0.15, 0.2) is 34.1 Å². The predicted octanol–water partition coefficient (Wildman–Crippen LogP) is 4.17. The number of carbonyl (C=O) groups excluding carboxylic acids is 2. The van der Waals surface area contributed by atoms with Crippen LogP contribution in [-0.2, 0) is 32.4 Å². The maximum atomic E-state index is 13.2. The van der Waals surface area contributed by atoms with Gasteiger partial charge < -0.3 is 10.1 Å². The number of anilines is 1. The van der Waals surface area contributed by atoms with Gasteiger partial charge in [0, 0.05) is 28.8 Å². The molecule has 1 fully saturated rings. The standard InChI is InChI=1S/C23H28N2O5S3/c1-30-23(27)20-16-7-3-4-8-17(16)32-22(20)24-21(26)15-11-13-25(14-12-15)33(28,29)19-10-6-5-9-18(19)31-2/h5-6,9-10,15H,3-4,7-8,11-14H2,1-2H3,(H,24,26). The Morgan fingerprint density at radius 3 is 2.55 bits per heavy atom. The van der Waals surface area contributed by atoms with Crippen LogP contribution in [0.2, 0.25) is 0 Å². The number of benzene rings is 1. The Kier molecular flexibility index (Phi) is 7.47. The number of nitrogens with zero attached hydrogens (tertiary/aromatic N) is 1. The van der Waals surface area contributed by atoms with Crippen LogP contribution >= 0.6 is 23.1 Å². The molecule has 1 aromatic heterocycles. The minimum atomic E-state index is -3.61. The minimum Gasteiger partial charge on any atom is -0.465 e. The fraction of sp³-hybridized carbons (Fsp3) is 0.478. The lowest BCUT2D eigenvalue weighted by molar-refractivity contribution is -0.120. The van der Waals surface area contributed by atoms with Crippen LogP contribution in [0.3, 0.4) is 0 Å². The van der Waals surface area contributed by atoms with Gasteiger partial charge >= 0.3 is 5.97 Å². The maximum Gasteiger partial charge on any atom is 0.341 e. The van der Waals surface area contributed by atoms with Crippen LogP contribution in [-0.4, -0.2) is 51.1 Å². The first kappa shape index (κ1) is 24.3. The van der Waals surface area contributed by atoms with Gasteiger partial charge in [-0.15, -0.1) is 23.1 Å². The molecule has 1 aliphatic carbocycles. The second-order valence-electron chi connectivity index (χ2n) is 8.23. The van der Waals surface area contributed by atoms with Gasteiger partial charge in [-0.05, 0) is 62.5 Å². The summed E-state index contributed by atoms with van der Waals surface area (Å²) in [6, 6.07) is 6.99. The number of ether oxygens (including phenoxy) is 1. The molecular weight excluding hydrogens is 480 g/mol. The van der Waals surface area contributed by atoms with Gasteiger partial charge in [-0.2, -0.15) is 4.31 Å². The molecule has 7 nitrogen and oxygen atoms in total. The molecule has 1 N–H and O–H groups in total. The predicted molar refractivity (Wildman–Crippen MR) is 131 cm³/mol. The van der Waals surface area contributed by atoms with E-state index in [0.717, 1.165) is 41.0 Å². The summed E-state index contributed by atoms with van der Waals surface area (Å²) in [4.78, 5) is 27.6. The van der Waals surface area contributed by atoms with Crippen LogP contribution < -0.4 is 5.32 Å². The first-order valence-corrected chi connectivity index (χ1v) is 14.5. The fourth-order valence-electron chi connectivity index (χ4n) is 4.52. The highest BCUT2D eigenvalue weighted by molar-refractivity contribution is 7.99. The normalized spacial score (nSPS) is 17.4. The molecule has 10 heteroatoms. The number of nitrogens with one attached hydrogen (secondary N) is 1. The number of amides is 1. The molecule has 2 heterocycles. The van der Waals surface area contributed by atoms with E-state index in [0.29, 0.717) is 28.3 Å². The largest absolute Gasteiger partial charge is 0.465 e. The Balaban J connectivity index is 1.45. The topological polar surface area (TPSA) is 92.8 Å². The summed E-state index contributed by atoms with van der Waals surface area (Å²) in [5.41, 5.74) is 1.49. The van der Waals surface area contributed by atoms with E-state index in [1.807, 2.05) is 12.3 Å². The number of hydrogen-bond donors (Lipinski definition) is 1. The lowest BCUT2D eigenvalue weighted by atomic mass is 9.95. The number of fused-ring (bicyclic) bond motifs is 1. The zero-order chi connectivity index (χ0) is 23.6. The van der Waals surface area contributed by atoms with Crippen molar-refractivity contribution in [3.63, 3.8) is 0 Å². The summed E-state index contributed by atoms with van der Waals surface area (Å²) >= 11 is 2.87. The van der Waals surface area contributed by atoms with E-state index < -0.39 is 16.0 Å². The molecule has 0 bridgehead atoms. The number of rotatable bonds is 6. The summed E-state index contributed by atoms with van der Waals surface area (Å²) in [7, 11) is -2.26. The van der Waals surface area contributed by atoms with Crippen molar-refractivity contribution in [1.29, 1.82) is 0 Å². The maximum absolute atomic E-state index is 13.2. The average Bonchev–Trinajstić information content (AvgIpc) is 3.21.